The number of likely N-dealkylation sites (tertiary alicyclic amines) is 1. The molecule has 0 saturated carbocycles. The van der Waals surface area contributed by atoms with E-state index in [-0.39, 0.29) is 71.0 Å². The smallest absolute Gasteiger partial charge is 0.550 e. The molecular weight excluding hydrogens is 195 g/mol. The number of halogens is 2. The predicted octanol–water partition coefficient (Wildman–Crippen LogP) is -4.06. The van der Waals surface area contributed by atoms with E-state index in [1.54, 1.807) is 0 Å². The molecule has 1 fully saturated rings. The summed E-state index contributed by atoms with van der Waals surface area (Å²) >= 11 is 0. The van der Waals surface area contributed by atoms with Crippen LogP contribution in [0.5, 0.6) is 0 Å². The summed E-state index contributed by atoms with van der Waals surface area (Å²) in [5, 5.41) is 10.1. The van der Waals surface area contributed by atoms with Crippen LogP contribution in [0, 0.1) is 5.92 Å². The first-order valence-corrected chi connectivity index (χ1v) is 3.31. The number of alkyl halides is 2. The van der Waals surface area contributed by atoms with Gasteiger partial charge in [-0.25, -0.2) is 8.78 Å². The normalized spacial score (nSPS) is 18.6. The molecule has 0 aromatic carbocycles. The van der Waals surface area contributed by atoms with Gasteiger partial charge in [-0.1, -0.05) is 0 Å². The molecule has 12 heavy (non-hydrogen) atoms. The van der Waals surface area contributed by atoms with Gasteiger partial charge < -0.3 is 9.90 Å². The average Bonchev–Trinajstić information content (AvgIpc) is 1.75. The van der Waals surface area contributed by atoms with Crippen LogP contribution in [0.15, 0.2) is 0 Å². The van der Waals surface area contributed by atoms with Gasteiger partial charge in [0.05, 0.1) is 6.54 Å². The number of carboxylic acid groups (broad SMARTS) is 1. The molecule has 0 aliphatic carbocycles. The minimum absolute atomic E-state index is 0. The second kappa shape index (κ2) is 5.61. The number of hydrogen-bond donors (Lipinski definition) is 0. The van der Waals surface area contributed by atoms with E-state index in [9.17, 15) is 18.7 Å². The summed E-state index contributed by atoms with van der Waals surface area (Å²) in [7, 11) is 0. The molecule has 1 heterocycles. The van der Waals surface area contributed by atoms with Crippen LogP contribution in [0.2, 0.25) is 0 Å². The van der Waals surface area contributed by atoms with Crippen molar-refractivity contribution in [3.05, 3.63) is 0 Å². The SMILES string of the molecule is O=C([O-])C1CN(CC(F)F)C1.[K+]. The summed E-state index contributed by atoms with van der Waals surface area (Å²) in [5.74, 6) is -1.69. The minimum Gasteiger partial charge on any atom is -0.550 e. The first-order valence-electron chi connectivity index (χ1n) is 3.31. The summed E-state index contributed by atoms with van der Waals surface area (Å²) in [6.07, 6.45) is -2.38. The number of nitrogens with zero attached hydrogens (tertiary/aromatic N) is 1. The molecule has 0 amide bonds. The molecule has 6 heteroatoms. The Morgan fingerprint density at radius 2 is 2.08 bits per heavy atom. The van der Waals surface area contributed by atoms with Crippen molar-refractivity contribution in [1.29, 1.82) is 0 Å². The monoisotopic (exact) mass is 203 g/mol. The molecule has 0 radical (unpaired) electrons. The fraction of sp³-hybridized carbons (Fsp3) is 0.833. The third kappa shape index (κ3) is 3.76. The molecule has 1 rings (SSSR count). The van der Waals surface area contributed by atoms with Gasteiger partial charge in [0, 0.05) is 25.0 Å². The third-order valence-electron chi connectivity index (χ3n) is 1.69. The minimum atomic E-state index is -2.38. The van der Waals surface area contributed by atoms with Crippen LogP contribution in [0.3, 0.4) is 0 Å². The Kier molecular flexibility index (Phi) is 6.05. The van der Waals surface area contributed by atoms with E-state index < -0.39 is 18.3 Å². The van der Waals surface area contributed by atoms with Crippen LogP contribution in [0.4, 0.5) is 8.78 Å². The van der Waals surface area contributed by atoms with Crippen LogP contribution < -0.4 is 56.5 Å². The zero-order chi connectivity index (χ0) is 8.43. The molecule has 3 nitrogen and oxygen atoms in total. The van der Waals surface area contributed by atoms with Gasteiger partial charge in [-0.05, 0) is 0 Å². The summed E-state index contributed by atoms with van der Waals surface area (Å²) in [4.78, 5) is 11.5. The van der Waals surface area contributed by atoms with Gasteiger partial charge in [-0.3, -0.25) is 4.90 Å². The fourth-order valence-electron chi connectivity index (χ4n) is 1.06. The molecule has 0 aromatic heterocycles. The maximum absolute atomic E-state index is 11.6. The standard InChI is InChI=1S/C6H9F2NO2.K/c7-5(8)3-9-1-4(2-9)6(10)11;/h4-5H,1-3H2,(H,10,11);/q;+1/p-1. The fourth-order valence-corrected chi connectivity index (χ4v) is 1.06. The first-order chi connectivity index (χ1) is 5.09. The van der Waals surface area contributed by atoms with Crippen molar-refractivity contribution in [2.24, 2.45) is 5.92 Å². The van der Waals surface area contributed by atoms with Crippen molar-refractivity contribution in [3.8, 4) is 0 Å². The third-order valence-corrected chi connectivity index (χ3v) is 1.69. The van der Waals surface area contributed by atoms with Gasteiger partial charge >= 0.3 is 51.4 Å². The molecule has 1 aliphatic heterocycles. The molecule has 0 N–H and O–H groups in total. The van der Waals surface area contributed by atoms with E-state index in [2.05, 4.69) is 0 Å². The zero-order valence-corrected chi connectivity index (χ0v) is 9.92. The average molecular weight is 203 g/mol. The topological polar surface area (TPSA) is 43.4 Å². The molecule has 0 atom stereocenters. The summed E-state index contributed by atoms with van der Waals surface area (Å²) in [5.41, 5.74) is 0. The van der Waals surface area contributed by atoms with Gasteiger partial charge in [0.25, 0.3) is 6.43 Å². The summed E-state index contributed by atoms with van der Waals surface area (Å²) in [6, 6.07) is 0. The quantitative estimate of drug-likeness (QED) is 0.438. The Bertz CT molecular complexity index is 162. The van der Waals surface area contributed by atoms with Crippen molar-refractivity contribution >= 4 is 5.97 Å². The van der Waals surface area contributed by atoms with Crippen LogP contribution in [0.1, 0.15) is 0 Å². The summed E-state index contributed by atoms with van der Waals surface area (Å²) < 4.78 is 23.3. The van der Waals surface area contributed by atoms with E-state index in [1.807, 2.05) is 0 Å². The number of rotatable bonds is 3. The molecule has 0 aromatic rings. The van der Waals surface area contributed by atoms with E-state index in [4.69, 9.17) is 0 Å². The van der Waals surface area contributed by atoms with E-state index in [0.717, 1.165) is 0 Å². The molecule has 64 valence electrons. The van der Waals surface area contributed by atoms with Crippen molar-refractivity contribution < 1.29 is 70.1 Å². The van der Waals surface area contributed by atoms with Gasteiger partial charge in [-0.2, -0.15) is 0 Å². The van der Waals surface area contributed by atoms with E-state index in [0.29, 0.717) is 0 Å². The van der Waals surface area contributed by atoms with E-state index in [1.165, 1.54) is 4.90 Å². The second-order valence-corrected chi connectivity index (χ2v) is 2.63. The van der Waals surface area contributed by atoms with Crippen molar-refractivity contribution in [2.45, 2.75) is 6.43 Å². The Morgan fingerprint density at radius 3 is 2.42 bits per heavy atom. The first kappa shape index (κ1) is 12.9. The van der Waals surface area contributed by atoms with E-state index >= 15 is 0 Å². The van der Waals surface area contributed by atoms with Gasteiger partial charge in [0.1, 0.15) is 0 Å². The number of aliphatic carboxylic acids is 1. The Balaban J connectivity index is 0.00000121. The van der Waals surface area contributed by atoms with Gasteiger partial charge in [-0.15, -0.1) is 0 Å². The van der Waals surface area contributed by atoms with Crippen LogP contribution >= 0.6 is 0 Å². The largest absolute Gasteiger partial charge is 1.00 e. The van der Waals surface area contributed by atoms with Crippen LogP contribution in [-0.4, -0.2) is 36.9 Å². The van der Waals surface area contributed by atoms with Crippen LogP contribution in [0.25, 0.3) is 0 Å². The van der Waals surface area contributed by atoms with Crippen molar-refractivity contribution in [2.75, 3.05) is 19.6 Å². The molecule has 0 unspecified atom stereocenters. The Labute approximate surface area is 112 Å². The van der Waals surface area contributed by atoms with Gasteiger partial charge in [0.2, 0.25) is 0 Å². The van der Waals surface area contributed by atoms with Crippen molar-refractivity contribution in [1.82, 2.24) is 4.90 Å². The molecule has 0 spiro atoms. The Hall–Kier alpha value is 0.926. The number of hydrogen-bond acceptors (Lipinski definition) is 3. The number of carbonyl (C=O) groups is 1. The second-order valence-electron chi connectivity index (χ2n) is 2.63. The van der Waals surface area contributed by atoms with Crippen LogP contribution in [-0.2, 0) is 4.79 Å². The van der Waals surface area contributed by atoms with Crippen molar-refractivity contribution in [3.63, 3.8) is 0 Å². The molecule has 1 saturated heterocycles. The maximum atomic E-state index is 11.6. The predicted molar refractivity (Wildman–Crippen MR) is 30.9 cm³/mol. The van der Waals surface area contributed by atoms with Gasteiger partial charge in [0.15, 0.2) is 0 Å². The molecular formula is C6H8F2KNO2. The number of carboxylic acids is 1. The molecule has 1 aliphatic rings. The Morgan fingerprint density at radius 1 is 1.58 bits per heavy atom. The number of carbonyl (C=O) groups excluding carboxylic acids is 1. The summed E-state index contributed by atoms with van der Waals surface area (Å²) in [6.45, 7) is 0.0725. The molecule has 0 bridgehead atoms. The zero-order valence-electron chi connectivity index (χ0n) is 6.80. The maximum Gasteiger partial charge on any atom is 1.00 e.